The predicted molar refractivity (Wildman–Crippen MR) is 58.6 cm³/mol. The number of amides is 1. The first-order valence-electron chi connectivity index (χ1n) is 4.67. The molecule has 92 valence electrons. The highest BCUT2D eigenvalue weighted by Crippen LogP contribution is 2.40. The maximum atomic E-state index is 13.6. The molecule has 7 heteroatoms. The molecule has 1 aromatic carbocycles. The van der Waals surface area contributed by atoms with Gasteiger partial charge in [-0.15, -0.1) is 0 Å². The summed E-state index contributed by atoms with van der Waals surface area (Å²) in [6.07, 6.45) is -0.920. The molecule has 1 heterocycles. The summed E-state index contributed by atoms with van der Waals surface area (Å²) in [5.74, 6) is -3.26. The lowest BCUT2D eigenvalue weighted by atomic mass is 10.00. The molecule has 0 spiro atoms. The van der Waals surface area contributed by atoms with Crippen molar-refractivity contribution in [1.82, 2.24) is 5.32 Å². The molecule has 1 N–H and O–H groups in total. The molecule has 0 aliphatic carbocycles. The molecule has 1 aliphatic rings. The van der Waals surface area contributed by atoms with Crippen molar-refractivity contribution in [3.63, 3.8) is 0 Å². The van der Waals surface area contributed by atoms with E-state index in [2.05, 4.69) is 4.74 Å². The average Bonchev–Trinajstić information content (AvgIpc) is 2.23. The van der Waals surface area contributed by atoms with Gasteiger partial charge in [-0.3, -0.25) is 0 Å². The Morgan fingerprint density at radius 1 is 1.35 bits per heavy atom. The smallest absolute Gasteiger partial charge is 0.408 e. The molecular formula is C10H7Cl2F2NO2. The van der Waals surface area contributed by atoms with Crippen LogP contribution < -0.4 is 5.32 Å². The number of alkyl halides is 2. The summed E-state index contributed by atoms with van der Waals surface area (Å²) in [6, 6.07) is 2.82. The number of ether oxygens (including phenoxy) is 1. The molecule has 17 heavy (non-hydrogen) atoms. The topological polar surface area (TPSA) is 38.3 Å². The number of hydrogen-bond donors (Lipinski definition) is 1. The summed E-state index contributed by atoms with van der Waals surface area (Å²) in [5, 5.41) is 2.17. The van der Waals surface area contributed by atoms with Crippen LogP contribution in [0.15, 0.2) is 18.2 Å². The number of rotatable bonds is 1. The van der Waals surface area contributed by atoms with Crippen LogP contribution in [0.1, 0.15) is 11.6 Å². The number of carbonyl (C=O) groups excluding carboxylic acids is 1. The first kappa shape index (κ1) is 12.4. The van der Waals surface area contributed by atoms with Crippen LogP contribution in [0.3, 0.4) is 0 Å². The van der Waals surface area contributed by atoms with Crippen LogP contribution in [-0.2, 0) is 4.74 Å². The lowest BCUT2D eigenvalue weighted by molar-refractivity contribution is -0.104. The van der Waals surface area contributed by atoms with Gasteiger partial charge in [-0.2, -0.15) is 0 Å². The molecule has 1 aromatic rings. The number of hydrogen-bond acceptors (Lipinski definition) is 2. The molecule has 0 unspecified atom stereocenters. The first-order valence-corrected chi connectivity index (χ1v) is 5.42. The van der Waals surface area contributed by atoms with Gasteiger partial charge >= 0.3 is 12.0 Å². The van der Waals surface area contributed by atoms with Crippen LogP contribution in [0.5, 0.6) is 0 Å². The largest absolute Gasteiger partial charge is 0.443 e. The fourth-order valence-electron chi connectivity index (χ4n) is 1.58. The molecule has 0 saturated carbocycles. The second kappa shape index (κ2) is 4.31. The van der Waals surface area contributed by atoms with Crippen LogP contribution >= 0.6 is 23.2 Å². The summed E-state index contributed by atoms with van der Waals surface area (Å²) >= 11 is 11.7. The molecule has 1 aliphatic heterocycles. The molecule has 3 nitrogen and oxygen atoms in total. The number of nitrogens with one attached hydrogen (secondary N) is 1. The molecular weight excluding hydrogens is 275 g/mol. The van der Waals surface area contributed by atoms with Gasteiger partial charge in [0.1, 0.15) is 6.04 Å². The molecule has 2 rings (SSSR count). The molecule has 1 fully saturated rings. The van der Waals surface area contributed by atoms with Gasteiger partial charge in [0.2, 0.25) is 0 Å². The van der Waals surface area contributed by atoms with Gasteiger partial charge in [-0.1, -0.05) is 29.3 Å². The SMILES string of the molecule is O=C1N[C@@H](c2c(Cl)cccc2Cl)C(F)(F)CO1. The minimum Gasteiger partial charge on any atom is -0.443 e. The minimum absolute atomic E-state index is 0.00233. The molecule has 1 saturated heterocycles. The van der Waals surface area contributed by atoms with E-state index in [-0.39, 0.29) is 15.6 Å². The number of carbonyl (C=O) groups is 1. The summed E-state index contributed by atoms with van der Waals surface area (Å²) in [5.41, 5.74) is -0.00233. The number of alkyl carbamates (subject to hydrolysis) is 1. The Bertz CT molecular complexity index is 447. The molecule has 0 bridgehead atoms. The highest BCUT2D eigenvalue weighted by Gasteiger charge is 2.48. The standard InChI is InChI=1S/C10H7Cl2F2NO2/c11-5-2-1-3-6(12)7(5)8-10(13,14)4-17-9(16)15-8/h1-3,8H,4H2,(H,15,16)/t8-/m0/s1. The van der Waals surface area contributed by atoms with Crippen molar-refractivity contribution in [2.45, 2.75) is 12.0 Å². The number of cyclic esters (lactones) is 1. The highest BCUT2D eigenvalue weighted by molar-refractivity contribution is 6.36. The van der Waals surface area contributed by atoms with Crippen molar-refractivity contribution >= 4 is 29.3 Å². The Morgan fingerprint density at radius 3 is 2.53 bits per heavy atom. The van der Waals surface area contributed by atoms with E-state index >= 15 is 0 Å². The Morgan fingerprint density at radius 2 is 1.94 bits per heavy atom. The second-order valence-corrected chi connectivity index (χ2v) is 4.36. The van der Waals surface area contributed by atoms with E-state index in [1.165, 1.54) is 18.2 Å². The molecule has 1 amide bonds. The van der Waals surface area contributed by atoms with Crippen molar-refractivity contribution in [2.24, 2.45) is 0 Å². The monoisotopic (exact) mass is 281 g/mol. The van der Waals surface area contributed by atoms with Crippen molar-refractivity contribution in [3.05, 3.63) is 33.8 Å². The average molecular weight is 282 g/mol. The quantitative estimate of drug-likeness (QED) is 0.857. The van der Waals surface area contributed by atoms with Crippen molar-refractivity contribution < 1.29 is 18.3 Å². The van der Waals surface area contributed by atoms with Gasteiger partial charge in [0.05, 0.1) is 0 Å². The van der Waals surface area contributed by atoms with E-state index in [9.17, 15) is 13.6 Å². The van der Waals surface area contributed by atoms with E-state index in [0.29, 0.717) is 0 Å². The number of benzene rings is 1. The van der Waals surface area contributed by atoms with E-state index in [0.717, 1.165) is 0 Å². The zero-order valence-corrected chi connectivity index (χ0v) is 9.86. The van der Waals surface area contributed by atoms with E-state index in [1.54, 1.807) is 0 Å². The maximum absolute atomic E-state index is 13.6. The van der Waals surface area contributed by atoms with Crippen LogP contribution in [0.4, 0.5) is 13.6 Å². The van der Waals surface area contributed by atoms with Gasteiger partial charge in [0.15, 0.2) is 6.61 Å². The minimum atomic E-state index is -3.26. The predicted octanol–water partition coefficient (Wildman–Crippen LogP) is 3.41. The molecule has 0 aromatic heterocycles. The summed E-state index contributed by atoms with van der Waals surface area (Å²) < 4.78 is 31.5. The summed E-state index contributed by atoms with van der Waals surface area (Å²) in [7, 11) is 0. The van der Waals surface area contributed by atoms with Crippen molar-refractivity contribution in [3.8, 4) is 0 Å². The van der Waals surface area contributed by atoms with Gasteiger partial charge in [-0.25, -0.2) is 13.6 Å². The third-order valence-electron chi connectivity index (χ3n) is 2.37. The highest BCUT2D eigenvalue weighted by atomic mass is 35.5. The molecule has 0 radical (unpaired) electrons. The van der Waals surface area contributed by atoms with Gasteiger partial charge in [0, 0.05) is 15.6 Å². The second-order valence-electron chi connectivity index (χ2n) is 3.55. The van der Waals surface area contributed by atoms with Crippen molar-refractivity contribution in [1.29, 1.82) is 0 Å². The maximum Gasteiger partial charge on any atom is 0.408 e. The fraction of sp³-hybridized carbons (Fsp3) is 0.300. The third-order valence-corrected chi connectivity index (χ3v) is 3.03. The van der Waals surface area contributed by atoms with Crippen LogP contribution in [-0.4, -0.2) is 18.6 Å². The van der Waals surface area contributed by atoms with Crippen LogP contribution in [0, 0.1) is 0 Å². The van der Waals surface area contributed by atoms with Crippen molar-refractivity contribution in [2.75, 3.05) is 6.61 Å². The van der Waals surface area contributed by atoms with Crippen LogP contribution in [0.2, 0.25) is 10.0 Å². The van der Waals surface area contributed by atoms with Crippen LogP contribution in [0.25, 0.3) is 0 Å². The fourth-order valence-corrected chi connectivity index (χ4v) is 2.20. The van der Waals surface area contributed by atoms with E-state index in [1.807, 2.05) is 5.32 Å². The number of halogens is 4. The van der Waals surface area contributed by atoms with E-state index in [4.69, 9.17) is 23.2 Å². The first-order chi connectivity index (χ1) is 7.92. The Labute approximate surface area is 106 Å². The van der Waals surface area contributed by atoms with Gasteiger partial charge in [0.25, 0.3) is 0 Å². The Kier molecular flexibility index (Phi) is 3.14. The van der Waals surface area contributed by atoms with Gasteiger partial charge in [-0.05, 0) is 12.1 Å². The lowest BCUT2D eigenvalue weighted by Crippen LogP contribution is -2.49. The summed E-state index contributed by atoms with van der Waals surface area (Å²) in [6.45, 7) is -0.995. The van der Waals surface area contributed by atoms with Gasteiger partial charge < -0.3 is 10.1 Å². The van der Waals surface area contributed by atoms with E-state index < -0.39 is 24.7 Å². The summed E-state index contributed by atoms with van der Waals surface area (Å²) in [4.78, 5) is 11.0. The Balaban J connectivity index is 2.46. The third kappa shape index (κ3) is 2.30. The normalized spacial score (nSPS) is 22.8. The Hall–Kier alpha value is -1.07. The zero-order chi connectivity index (χ0) is 12.6. The molecule has 1 atom stereocenters. The zero-order valence-electron chi connectivity index (χ0n) is 8.34. The lowest BCUT2D eigenvalue weighted by Gasteiger charge is -2.32.